The van der Waals surface area contributed by atoms with Crippen molar-refractivity contribution >= 4 is 17.3 Å². The van der Waals surface area contributed by atoms with Crippen LogP contribution in [-0.4, -0.2) is 46.6 Å². The molecule has 0 aliphatic heterocycles. The smallest absolute Gasteiger partial charge is 0.0637 e. The summed E-state index contributed by atoms with van der Waals surface area (Å²) in [4.78, 5) is 2.22. The molecule has 0 bridgehead atoms. The first-order chi connectivity index (χ1) is 10.1. The SMILES string of the molecule is COCCN(CCOC)c1ccc(CNC(C)C)c(Cl)c1. The average molecular weight is 315 g/mol. The van der Waals surface area contributed by atoms with Gasteiger partial charge in [-0.3, -0.25) is 0 Å². The molecule has 120 valence electrons. The second kappa shape index (κ2) is 10.0. The highest BCUT2D eigenvalue weighted by atomic mass is 35.5. The number of hydrogen-bond acceptors (Lipinski definition) is 4. The third-order valence-corrected chi connectivity index (χ3v) is 3.59. The van der Waals surface area contributed by atoms with Crippen molar-refractivity contribution in [3.63, 3.8) is 0 Å². The molecule has 0 saturated heterocycles. The number of benzene rings is 1. The first kappa shape index (κ1) is 18.2. The fraction of sp³-hybridized carbons (Fsp3) is 0.625. The van der Waals surface area contributed by atoms with Crippen molar-refractivity contribution in [1.82, 2.24) is 5.32 Å². The van der Waals surface area contributed by atoms with Crippen LogP contribution < -0.4 is 10.2 Å². The van der Waals surface area contributed by atoms with Gasteiger partial charge in [-0.1, -0.05) is 31.5 Å². The van der Waals surface area contributed by atoms with Crippen molar-refractivity contribution in [3.05, 3.63) is 28.8 Å². The lowest BCUT2D eigenvalue weighted by Crippen LogP contribution is -2.30. The lowest BCUT2D eigenvalue weighted by atomic mass is 10.1. The van der Waals surface area contributed by atoms with Crippen molar-refractivity contribution in [3.8, 4) is 0 Å². The number of ether oxygens (including phenoxy) is 2. The van der Waals surface area contributed by atoms with E-state index in [4.69, 9.17) is 21.1 Å². The molecule has 0 saturated carbocycles. The summed E-state index contributed by atoms with van der Waals surface area (Å²) in [5, 5.41) is 4.17. The number of rotatable bonds is 10. The molecule has 0 aromatic heterocycles. The maximum Gasteiger partial charge on any atom is 0.0637 e. The summed E-state index contributed by atoms with van der Waals surface area (Å²) < 4.78 is 10.3. The first-order valence-corrected chi connectivity index (χ1v) is 7.71. The van der Waals surface area contributed by atoms with Gasteiger partial charge in [0.25, 0.3) is 0 Å². The second-order valence-electron chi connectivity index (χ2n) is 5.28. The van der Waals surface area contributed by atoms with Crippen LogP contribution in [0.3, 0.4) is 0 Å². The molecule has 1 aromatic rings. The van der Waals surface area contributed by atoms with E-state index in [1.807, 2.05) is 6.07 Å². The highest BCUT2D eigenvalue weighted by Crippen LogP contribution is 2.24. The van der Waals surface area contributed by atoms with Crippen LogP contribution in [0.2, 0.25) is 5.02 Å². The Morgan fingerprint density at radius 1 is 1.14 bits per heavy atom. The quantitative estimate of drug-likeness (QED) is 0.720. The summed E-state index contributed by atoms with van der Waals surface area (Å²) in [5.74, 6) is 0. The molecule has 1 aromatic carbocycles. The average Bonchev–Trinajstić information content (AvgIpc) is 2.46. The normalized spacial score (nSPS) is 11.1. The zero-order valence-electron chi connectivity index (χ0n) is 13.5. The van der Waals surface area contributed by atoms with E-state index >= 15 is 0 Å². The number of methoxy groups -OCH3 is 2. The van der Waals surface area contributed by atoms with Gasteiger partial charge in [0, 0.05) is 50.6 Å². The van der Waals surface area contributed by atoms with E-state index in [2.05, 4.69) is 36.2 Å². The third-order valence-electron chi connectivity index (χ3n) is 3.23. The molecule has 1 N–H and O–H groups in total. The Hall–Kier alpha value is -0.810. The predicted molar refractivity (Wildman–Crippen MR) is 89.4 cm³/mol. The molecule has 21 heavy (non-hydrogen) atoms. The summed E-state index contributed by atoms with van der Waals surface area (Å²) in [7, 11) is 3.42. The summed E-state index contributed by atoms with van der Waals surface area (Å²) >= 11 is 6.40. The Morgan fingerprint density at radius 3 is 2.24 bits per heavy atom. The van der Waals surface area contributed by atoms with Crippen LogP contribution in [-0.2, 0) is 16.0 Å². The van der Waals surface area contributed by atoms with Crippen LogP contribution in [0.15, 0.2) is 18.2 Å². The summed E-state index contributed by atoms with van der Waals surface area (Å²) in [5.41, 5.74) is 2.22. The molecule has 4 nitrogen and oxygen atoms in total. The molecule has 0 unspecified atom stereocenters. The monoisotopic (exact) mass is 314 g/mol. The minimum atomic E-state index is 0.445. The molecule has 0 aliphatic rings. The van der Waals surface area contributed by atoms with Gasteiger partial charge in [-0.2, -0.15) is 0 Å². The van der Waals surface area contributed by atoms with Gasteiger partial charge in [-0.05, 0) is 17.7 Å². The Balaban J connectivity index is 2.76. The molecule has 1 rings (SSSR count). The molecular formula is C16H27ClN2O2. The Labute approximate surface area is 133 Å². The van der Waals surface area contributed by atoms with Gasteiger partial charge >= 0.3 is 0 Å². The number of halogens is 1. The molecule has 5 heteroatoms. The van der Waals surface area contributed by atoms with Crippen LogP contribution in [0.1, 0.15) is 19.4 Å². The molecule has 0 atom stereocenters. The summed E-state index contributed by atoms with van der Waals surface area (Å²) in [6.07, 6.45) is 0. The van der Waals surface area contributed by atoms with E-state index in [0.29, 0.717) is 19.3 Å². The lowest BCUT2D eigenvalue weighted by molar-refractivity contribution is 0.190. The van der Waals surface area contributed by atoms with Crippen molar-refractivity contribution in [2.24, 2.45) is 0 Å². The van der Waals surface area contributed by atoms with Crippen molar-refractivity contribution in [1.29, 1.82) is 0 Å². The number of nitrogens with one attached hydrogen (secondary N) is 1. The van der Waals surface area contributed by atoms with Gasteiger partial charge in [0.15, 0.2) is 0 Å². The fourth-order valence-corrected chi connectivity index (χ4v) is 2.20. The number of hydrogen-bond donors (Lipinski definition) is 1. The van der Waals surface area contributed by atoms with E-state index in [9.17, 15) is 0 Å². The van der Waals surface area contributed by atoms with Crippen LogP contribution in [0.25, 0.3) is 0 Å². The largest absolute Gasteiger partial charge is 0.383 e. The van der Waals surface area contributed by atoms with Gasteiger partial charge in [-0.15, -0.1) is 0 Å². The summed E-state index contributed by atoms with van der Waals surface area (Å²) in [6, 6.07) is 6.65. The van der Waals surface area contributed by atoms with Crippen LogP contribution in [0.5, 0.6) is 0 Å². The maximum atomic E-state index is 6.40. The highest BCUT2D eigenvalue weighted by Gasteiger charge is 2.09. The second-order valence-corrected chi connectivity index (χ2v) is 5.69. The molecule has 0 fully saturated rings. The van der Waals surface area contributed by atoms with E-state index < -0.39 is 0 Å². The van der Waals surface area contributed by atoms with Crippen LogP contribution in [0.4, 0.5) is 5.69 Å². The van der Waals surface area contributed by atoms with Gasteiger partial charge < -0.3 is 19.7 Å². The first-order valence-electron chi connectivity index (χ1n) is 7.33. The standard InChI is InChI=1S/C16H27ClN2O2/c1-13(2)18-12-14-5-6-15(11-16(14)17)19(7-9-20-3)8-10-21-4/h5-6,11,13,18H,7-10,12H2,1-4H3. The number of anilines is 1. The lowest BCUT2D eigenvalue weighted by Gasteiger charge is -2.25. The molecule has 0 spiro atoms. The van der Waals surface area contributed by atoms with Crippen molar-refractivity contribution in [2.75, 3.05) is 45.4 Å². The zero-order valence-corrected chi connectivity index (χ0v) is 14.2. The predicted octanol–water partition coefficient (Wildman–Crippen LogP) is 2.94. The molecule has 0 amide bonds. The van der Waals surface area contributed by atoms with E-state index in [1.54, 1.807) is 14.2 Å². The molecular weight excluding hydrogens is 288 g/mol. The van der Waals surface area contributed by atoms with Gasteiger partial charge in [0.2, 0.25) is 0 Å². The summed E-state index contributed by atoms with van der Waals surface area (Å²) in [6.45, 7) is 8.03. The van der Waals surface area contributed by atoms with E-state index in [0.717, 1.165) is 35.9 Å². The van der Waals surface area contributed by atoms with Crippen molar-refractivity contribution in [2.45, 2.75) is 26.4 Å². The van der Waals surface area contributed by atoms with Crippen LogP contribution >= 0.6 is 11.6 Å². The Kier molecular flexibility index (Phi) is 8.69. The van der Waals surface area contributed by atoms with Gasteiger partial charge in [0.1, 0.15) is 0 Å². The van der Waals surface area contributed by atoms with Gasteiger partial charge in [0.05, 0.1) is 13.2 Å². The molecule has 0 radical (unpaired) electrons. The Morgan fingerprint density at radius 2 is 1.76 bits per heavy atom. The minimum absolute atomic E-state index is 0.445. The van der Waals surface area contributed by atoms with Gasteiger partial charge in [-0.25, -0.2) is 0 Å². The van der Waals surface area contributed by atoms with Crippen LogP contribution in [0, 0.1) is 0 Å². The number of nitrogens with zero attached hydrogens (tertiary/aromatic N) is 1. The van der Waals surface area contributed by atoms with E-state index in [1.165, 1.54) is 0 Å². The zero-order chi connectivity index (χ0) is 15.7. The maximum absolute atomic E-state index is 6.40. The van der Waals surface area contributed by atoms with E-state index in [-0.39, 0.29) is 0 Å². The highest BCUT2D eigenvalue weighted by molar-refractivity contribution is 6.31. The minimum Gasteiger partial charge on any atom is -0.383 e. The molecule has 0 heterocycles. The third kappa shape index (κ3) is 6.66. The van der Waals surface area contributed by atoms with Crippen molar-refractivity contribution < 1.29 is 9.47 Å². The fourth-order valence-electron chi connectivity index (χ4n) is 1.96. The Bertz CT molecular complexity index is 405. The molecule has 0 aliphatic carbocycles. The topological polar surface area (TPSA) is 33.7 Å².